The molecule has 0 bridgehead atoms. The molecule has 2 saturated carbocycles. The van der Waals surface area contributed by atoms with E-state index in [1.807, 2.05) is 7.05 Å². The molecule has 0 aromatic carbocycles. The molecule has 2 rings (SSSR count). The van der Waals surface area contributed by atoms with Crippen molar-refractivity contribution >= 4 is 11.6 Å². The first-order chi connectivity index (χ1) is 10.6. The average Bonchev–Trinajstić information content (AvgIpc) is 3.25. The minimum absolute atomic E-state index is 0.00744. The van der Waals surface area contributed by atoms with Gasteiger partial charge in [-0.05, 0) is 51.6 Å². The lowest BCUT2D eigenvalue weighted by molar-refractivity contribution is -0.121. The van der Waals surface area contributed by atoms with Crippen molar-refractivity contribution in [3.05, 3.63) is 0 Å². The van der Waals surface area contributed by atoms with Crippen LogP contribution in [-0.4, -0.2) is 37.2 Å². The molecule has 0 saturated heterocycles. The van der Waals surface area contributed by atoms with Gasteiger partial charge in [-0.25, -0.2) is 0 Å². The van der Waals surface area contributed by atoms with Crippen LogP contribution >= 0.6 is 0 Å². The number of rotatable bonds is 12. The van der Waals surface area contributed by atoms with Crippen LogP contribution in [0.5, 0.6) is 0 Å². The molecule has 4 heteroatoms. The maximum atomic E-state index is 12.2. The first kappa shape index (κ1) is 17.6. The quantitative estimate of drug-likeness (QED) is 0.544. The van der Waals surface area contributed by atoms with Crippen LogP contribution in [0.15, 0.2) is 0 Å². The Kier molecular flexibility index (Phi) is 7.03. The molecule has 0 amide bonds. The summed E-state index contributed by atoms with van der Waals surface area (Å²) < 4.78 is 0. The molecule has 22 heavy (non-hydrogen) atoms. The summed E-state index contributed by atoms with van der Waals surface area (Å²) in [6.07, 6.45) is 9.85. The smallest absolute Gasteiger partial charge is 0.149 e. The number of Topliss-reactive ketones (excluding diaryl/α,β-unsaturated/α-hetero) is 2. The number of hydrogen-bond acceptors (Lipinski definition) is 4. The number of nitrogens with one attached hydrogen (secondary N) is 2. The largest absolute Gasteiger partial charge is 0.311 e. The Bertz CT molecular complexity index is 375. The van der Waals surface area contributed by atoms with Crippen molar-refractivity contribution in [3.63, 3.8) is 0 Å². The predicted octanol–water partition coefficient (Wildman–Crippen LogP) is 2.46. The van der Waals surface area contributed by atoms with Gasteiger partial charge >= 0.3 is 0 Å². The SMILES string of the molecule is CN[C@@H](CC1CC1)C(=O)CCCN[C@@H](CC1CCC1)C(C)=O. The van der Waals surface area contributed by atoms with Gasteiger partial charge in [-0.2, -0.15) is 0 Å². The molecule has 0 radical (unpaired) electrons. The molecule has 2 atom stereocenters. The van der Waals surface area contributed by atoms with E-state index in [9.17, 15) is 9.59 Å². The topological polar surface area (TPSA) is 58.2 Å². The fourth-order valence-corrected chi connectivity index (χ4v) is 3.27. The van der Waals surface area contributed by atoms with Crippen molar-refractivity contribution in [1.29, 1.82) is 0 Å². The summed E-state index contributed by atoms with van der Waals surface area (Å²) in [5.41, 5.74) is 0. The van der Waals surface area contributed by atoms with Gasteiger partial charge in [-0.1, -0.05) is 32.1 Å². The monoisotopic (exact) mass is 308 g/mol. The lowest BCUT2D eigenvalue weighted by atomic mass is 9.80. The fourth-order valence-electron chi connectivity index (χ4n) is 3.27. The van der Waals surface area contributed by atoms with Gasteiger partial charge in [-0.3, -0.25) is 9.59 Å². The van der Waals surface area contributed by atoms with Crippen molar-refractivity contribution in [2.24, 2.45) is 11.8 Å². The van der Waals surface area contributed by atoms with E-state index in [1.165, 1.54) is 32.1 Å². The van der Waals surface area contributed by atoms with Crippen LogP contribution in [0, 0.1) is 11.8 Å². The average molecular weight is 308 g/mol. The highest BCUT2D eigenvalue weighted by molar-refractivity contribution is 5.84. The zero-order valence-electron chi connectivity index (χ0n) is 14.2. The van der Waals surface area contributed by atoms with Gasteiger partial charge < -0.3 is 10.6 Å². The Balaban J connectivity index is 1.61. The second kappa shape index (κ2) is 8.78. The number of carbonyl (C=O) groups excluding carboxylic acids is 2. The molecule has 2 fully saturated rings. The Hall–Kier alpha value is -0.740. The van der Waals surface area contributed by atoms with Crippen molar-refractivity contribution < 1.29 is 9.59 Å². The molecule has 0 aliphatic heterocycles. The minimum Gasteiger partial charge on any atom is -0.311 e. The number of ketones is 2. The number of hydrogen-bond donors (Lipinski definition) is 2. The Morgan fingerprint density at radius 1 is 1.05 bits per heavy atom. The molecule has 2 aliphatic carbocycles. The highest BCUT2D eigenvalue weighted by atomic mass is 16.1. The van der Waals surface area contributed by atoms with Crippen molar-refractivity contribution in [3.8, 4) is 0 Å². The summed E-state index contributed by atoms with van der Waals surface area (Å²) in [5, 5.41) is 6.52. The summed E-state index contributed by atoms with van der Waals surface area (Å²) in [6, 6.07) is 0.0260. The normalized spacial score (nSPS) is 21.2. The number of likely N-dealkylation sites (N-methyl/N-ethyl adjacent to an activating group) is 1. The molecule has 0 heterocycles. The predicted molar refractivity (Wildman–Crippen MR) is 88.9 cm³/mol. The Morgan fingerprint density at radius 3 is 2.18 bits per heavy atom. The maximum absolute atomic E-state index is 12.2. The third-order valence-electron chi connectivity index (χ3n) is 5.28. The van der Waals surface area contributed by atoms with Gasteiger partial charge in [0.2, 0.25) is 0 Å². The third kappa shape index (κ3) is 5.81. The summed E-state index contributed by atoms with van der Waals surface area (Å²) in [7, 11) is 1.88. The van der Waals surface area contributed by atoms with E-state index in [1.54, 1.807) is 6.92 Å². The van der Waals surface area contributed by atoms with E-state index in [-0.39, 0.29) is 17.9 Å². The van der Waals surface area contributed by atoms with E-state index >= 15 is 0 Å². The van der Waals surface area contributed by atoms with E-state index in [4.69, 9.17) is 0 Å². The third-order valence-corrected chi connectivity index (χ3v) is 5.28. The second-order valence-electron chi connectivity index (χ2n) is 7.24. The minimum atomic E-state index is -0.00744. The number of carbonyl (C=O) groups is 2. The molecule has 126 valence electrons. The van der Waals surface area contributed by atoms with E-state index in [2.05, 4.69) is 10.6 Å². The van der Waals surface area contributed by atoms with Gasteiger partial charge in [0.25, 0.3) is 0 Å². The van der Waals surface area contributed by atoms with E-state index in [0.29, 0.717) is 12.2 Å². The van der Waals surface area contributed by atoms with Gasteiger partial charge in [-0.15, -0.1) is 0 Å². The van der Waals surface area contributed by atoms with Crippen LogP contribution in [0.2, 0.25) is 0 Å². The summed E-state index contributed by atoms with van der Waals surface area (Å²) >= 11 is 0. The lowest BCUT2D eigenvalue weighted by Crippen LogP contribution is -2.39. The molecular formula is C18H32N2O2. The summed E-state index contributed by atoms with van der Waals surface area (Å²) in [5.74, 6) is 2.06. The van der Waals surface area contributed by atoms with Gasteiger partial charge in [0.05, 0.1) is 12.1 Å². The van der Waals surface area contributed by atoms with Crippen LogP contribution < -0.4 is 10.6 Å². The summed E-state index contributed by atoms with van der Waals surface area (Å²) in [4.78, 5) is 23.9. The summed E-state index contributed by atoms with van der Waals surface area (Å²) in [6.45, 7) is 2.44. The van der Waals surface area contributed by atoms with Gasteiger partial charge in [0.15, 0.2) is 0 Å². The first-order valence-corrected chi connectivity index (χ1v) is 9.04. The van der Waals surface area contributed by atoms with Crippen LogP contribution in [0.4, 0.5) is 0 Å². The molecule has 4 nitrogen and oxygen atoms in total. The molecular weight excluding hydrogens is 276 g/mol. The van der Waals surface area contributed by atoms with Gasteiger partial charge in [0.1, 0.15) is 11.6 Å². The highest BCUT2D eigenvalue weighted by Crippen LogP contribution is 2.33. The molecule has 0 spiro atoms. The highest BCUT2D eigenvalue weighted by Gasteiger charge is 2.28. The maximum Gasteiger partial charge on any atom is 0.149 e. The molecule has 0 unspecified atom stereocenters. The van der Waals surface area contributed by atoms with Crippen LogP contribution in [0.3, 0.4) is 0 Å². The zero-order chi connectivity index (χ0) is 15.9. The van der Waals surface area contributed by atoms with E-state index < -0.39 is 0 Å². The molecule has 0 aromatic rings. The Morgan fingerprint density at radius 2 is 1.68 bits per heavy atom. The first-order valence-electron chi connectivity index (χ1n) is 9.04. The molecule has 2 aliphatic rings. The Labute approximate surface area is 134 Å². The van der Waals surface area contributed by atoms with Crippen molar-refractivity contribution in [2.45, 2.75) is 76.8 Å². The van der Waals surface area contributed by atoms with Crippen molar-refractivity contribution in [2.75, 3.05) is 13.6 Å². The van der Waals surface area contributed by atoms with Crippen molar-refractivity contribution in [1.82, 2.24) is 10.6 Å². The van der Waals surface area contributed by atoms with Gasteiger partial charge in [0, 0.05) is 6.42 Å². The fraction of sp³-hybridized carbons (Fsp3) is 0.889. The molecule has 0 aromatic heterocycles. The van der Waals surface area contributed by atoms with Crippen LogP contribution in [0.1, 0.15) is 64.7 Å². The van der Waals surface area contributed by atoms with Crippen LogP contribution in [0.25, 0.3) is 0 Å². The van der Waals surface area contributed by atoms with Crippen LogP contribution in [-0.2, 0) is 9.59 Å². The molecule has 2 N–H and O–H groups in total. The van der Waals surface area contributed by atoms with E-state index in [0.717, 1.165) is 37.6 Å². The lowest BCUT2D eigenvalue weighted by Gasteiger charge is -2.29. The zero-order valence-corrected chi connectivity index (χ0v) is 14.2. The standard InChI is InChI=1S/C18H32N2O2/c1-13(21)16(11-14-5-3-6-14)20-10-4-7-18(22)17(19-2)12-15-8-9-15/h14-17,19-20H,3-12H2,1-2H3/t16-,17-/m0/s1. The second-order valence-corrected chi connectivity index (χ2v) is 7.24.